The normalized spacial score (nSPS) is 15.9. The number of pyridine rings is 2. The number of ether oxygens (including phenoxy) is 1. The highest BCUT2D eigenvalue weighted by Crippen LogP contribution is 2.29. The van der Waals surface area contributed by atoms with Gasteiger partial charge >= 0.3 is 6.03 Å². The molecule has 194 valence electrons. The first-order valence-electron chi connectivity index (χ1n) is 12.4. The molecule has 2 fully saturated rings. The Morgan fingerprint density at radius 2 is 1.92 bits per heavy atom. The molecular weight excluding hydrogens is 472 g/mol. The predicted octanol–water partition coefficient (Wildman–Crippen LogP) is 2.30. The Hall–Kier alpha value is -4.06. The second-order valence-electron chi connectivity index (χ2n) is 9.41. The lowest BCUT2D eigenvalue weighted by atomic mass is 10.1. The summed E-state index contributed by atoms with van der Waals surface area (Å²) in [7, 11) is 3.48. The first kappa shape index (κ1) is 24.6. The number of aromatic nitrogens is 5. The Labute approximate surface area is 215 Å². The number of nitrogens with zero attached hydrogens (tertiary/aromatic N) is 8. The first-order chi connectivity index (χ1) is 17.9. The van der Waals surface area contributed by atoms with Crippen LogP contribution in [0.4, 0.5) is 22.2 Å². The van der Waals surface area contributed by atoms with Crippen LogP contribution in [0.3, 0.4) is 0 Å². The smallest absolute Gasteiger partial charge is 0.320 e. The molecule has 0 spiro atoms. The highest BCUT2D eigenvalue weighted by atomic mass is 16.5. The molecule has 3 N–H and O–H groups in total. The number of urea groups is 1. The summed E-state index contributed by atoms with van der Waals surface area (Å²) in [5, 5.41) is 3.30. The number of nitrogens with one attached hydrogen (secondary N) is 1. The van der Waals surface area contributed by atoms with E-state index in [4.69, 9.17) is 15.5 Å². The van der Waals surface area contributed by atoms with E-state index in [1.54, 1.807) is 26.3 Å². The number of carbonyl (C=O) groups is 1. The van der Waals surface area contributed by atoms with Gasteiger partial charge in [-0.05, 0) is 37.5 Å². The molecule has 3 aromatic rings. The van der Waals surface area contributed by atoms with Crippen LogP contribution in [0.25, 0.3) is 11.4 Å². The second kappa shape index (κ2) is 10.5. The number of anilines is 3. The van der Waals surface area contributed by atoms with E-state index >= 15 is 0 Å². The van der Waals surface area contributed by atoms with E-state index in [9.17, 15) is 4.79 Å². The molecule has 3 aromatic heterocycles. The van der Waals surface area contributed by atoms with Gasteiger partial charge in [0.15, 0.2) is 5.82 Å². The summed E-state index contributed by atoms with van der Waals surface area (Å²) in [6.45, 7) is 5.50. The average Bonchev–Trinajstić information content (AvgIpc) is 3.75. The number of methoxy groups -OCH3 is 1. The molecule has 0 unspecified atom stereocenters. The van der Waals surface area contributed by atoms with Gasteiger partial charge in [-0.3, -0.25) is 4.90 Å². The molecule has 2 amide bonds. The summed E-state index contributed by atoms with van der Waals surface area (Å²) in [5.74, 6) is 2.24. The van der Waals surface area contributed by atoms with Crippen LogP contribution in [0.5, 0.6) is 5.88 Å². The minimum Gasteiger partial charge on any atom is -0.481 e. The average molecular weight is 505 g/mol. The molecule has 4 heterocycles. The Balaban J connectivity index is 1.33. The van der Waals surface area contributed by atoms with Gasteiger partial charge in [-0.2, -0.15) is 9.97 Å². The van der Waals surface area contributed by atoms with Crippen LogP contribution in [0.1, 0.15) is 24.2 Å². The number of carbonyl (C=O) groups excluding carboxylic acids is 1. The molecular formula is C25H32N10O2. The predicted molar refractivity (Wildman–Crippen MR) is 139 cm³/mol. The van der Waals surface area contributed by atoms with Crippen molar-refractivity contribution in [3.63, 3.8) is 0 Å². The molecule has 1 aliphatic heterocycles. The molecule has 0 radical (unpaired) electrons. The number of nitrogens with two attached hydrogens (primary N) is 1. The van der Waals surface area contributed by atoms with Crippen LogP contribution in [0.2, 0.25) is 0 Å². The van der Waals surface area contributed by atoms with E-state index in [1.807, 2.05) is 35.2 Å². The lowest BCUT2D eigenvalue weighted by Crippen LogP contribution is -2.52. The topological polar surface area (TPSA) is 139 Å². The third-order valence-electron chi connectivity index (χ3n) is 6.60. The Morgan fingerprint density at radius 3 is 2.57 bits per heavy atom. The number of aryl methyl sites for hydroxylation is 1. The van der Waals surface area contributed by atoms with Gasteiger partial charge in [-0.1, -0.05) is 0 Å². The van der Waals surface area contributed by atoms with Crippen molar-refractivity contribution in [1.29, 1.82) is 0 Å². The zero-order valence-corrected chi connectivity index (χ0v) is 21.4. The van der Waals surface area contributed by atoms with Gasteiger partial charge in [0.25, 0.3) is 0 Å². The highest BCUT2D eigenvalue weighted by Gasteiger charge is 2.33. The number of nitrogen functional groups attached to an aromatic ring is 1. The largest absolute Gasteiger partial charge is 0.481 e. The fourth-order valence-corrected chi connectivity index (χ4v) is 4.40. The summed E-state index contributed by atoms with van der Waals surface area (Å²) < 4.78 is 5.15. The Morgan fingerprint density at radius 1 is 1.14 bits per heavy atom. The molecule has 1 saturated heterocycles. The van der Waals surface area contributed by atoms with Crippen molar-refractivity contribution in [3.8, 4) is 17.3 Å². The van der Waals surface area contributed by atoms with Crippen molar-refractivity contribution >= 4 is 23.5 Å². The third-order valence-corrected chi connectivity index (χ3v) is 6.60. The lowest BCUT2D eigenvalue weighted by Gasteiger charge is -2.36. The van der Waals surface area contributed by atoms with E-state index < -0.39 is 0 Å². The maximum absolute atomic E-state index is 12.7. The van der Waals surface area contributed by atoms with Crippen molar-refractivity contribution < 1.29 is 9.53 Å². The van der Waals surface area contributed by atoms with Gasteiger partial charge in [0.05, 0.1) is 24.6 Å². The quantitative estimate of drug-likeness (QED) is 0.493. The molecule has 5 rings (SSSR count). The van der Waals surface area contributed by atoms with Crippen molar-refractivity contribution in [2.45, 2.75) is 32.4 Å². The van der Waals surface area contributed by atoms with Gasteiger partial charge in [0, 0.05) is 58.1 Å². The summed E-state index contributed by atoms with van der Waals surface area (Å²) in [4.78, 5) is 40.8. The zero-order valence-electron chi connectivity index (χ0n) is 21.4. The minimum atomic E-state index is 0.136. The van der Waals surface area contributed by atoms with E-state index in [0.29, 0.717) is 54.6 Å². The molecule has 0 bridgehead atoms. The maximum atomic E-state index is 12.7. The minimum absolute atomic E-state index is 0.136. The zero-order chi connectivity index (χ0) is 25.9. The molecule has 0 atom stereocenters. The first-order valence-corrected chi connectivity index (χ1v) is 12.4. The van der Waals surface area contributed by atoms with E-state index in [2.05, 4.69) is 30.2 Å². The second-order valence-corrected chi connectivity index (χ2v) is 9.41. The fourth-order valence-electron chi connectivity index (χ4n) is 4.40. The Bertz CT molecular complexity index is 1240. The van der Waals surface area contributed by atoms with Crippen molar-refractivity contribution in [2.75, 3.05) is 51.4 Å². The van der Waals surface area contributed by atoms with E-state index in [0.717, 1.165) is 37.2 Å². The van der Waals surface area contributed by atoms with Crippen LogP contribution in [-0.4, -0.2) is 92.0 Å². The van der Waals surface area contributed by atoms with Gasteiger partial charge < -0.3 is 25.6 Å². The van der Waals surface area contributed by atoms with Crippen LogP contribution < -0.4 is 15.8 Å². The SMILES string of the molecule is COc1ccc(Nc2ncc(CN3CCN(C(=O)N(C)C4CC4)CC3)cc2-c2nc(C)nc(N)n2)cn1. The molecule has 2 aliphatic rings. The van der Waals surface area contributed by atoms with Crippen LogP contribution >= 0.6 is 0 Å². The highest BCUT2D eigenvalue weighted by molar-refractivity contribution is 5.76. The standard InChI is InChI=1S/C25H32N10O2/c1-16-29-23(32-24(26)30-16)20-12-17(13-28-22(20)31-18-4-7-21(37-3)27-14-18)15-34-8-10-35(11-9-34)25(36)33(2)19-5-6-19/h4,7,12-14,19H,5-6,8-11,15H2,1-3H3,(H,28,31)(H2,26,29,30,32). The van der Waals surface area contributed by atoms with Crippen molar-refractivity contribution in [1.82, 2.24) is 39.6 Å². The molecule has 37 heavy (non-hydrogen) atoms. The van der Waals surface area contributed by atoms with Gasteiger partial charge in [-0.15, -0.1) is 0 Å². The van der Waals surface area contributed by atoms with Crippen LogP contribution in [-0.2, 0) is 6.54 Å². The molecule has 1 saturated carbocycles. The molecule has 12 heteroatoms. The van der Waals surface area contributed by atoms with Crippen LogP contribution in [0, 0.1) is 6.92 Å². The molecule has 1 aliphatic carbocycles. The summed E-state index contributed by atoms with van der Waals surface area (Å²) >= 11 is 0. The summed E-state index contributed by atoms with van der Waals surface area (Å²) in [6, 6.07) is 6.22. The molecule has 0 aromatic carbocycles. The number of hydrogen-bond acceptors (Lipinski definition) is 10. The fraction of sp³-hybridized carbons (Fsp3) is 0.440. The monoisotopic (exact) mass is 504 g/mol. The number of piperazine rings is 1. The van der Waals surface area contributed by atoms with Crippen LogP contribution in [0.15, 0.2) is 30.6 Å². The Kier molecular flexibility index (Phi) is 6.99. The van der Waals surface area contributed by atoms with Gasteiger partial charge in [0.2, 0.25) is 11.8 Å². The van der Waals surface area contributed by atoms with E-state index in [-0.39, 0.29) is 12.0 Å². The summed E-state index contributed by atoms with van der Waals surface area (Å²) in [5.41, 5.74) is 8.40. The van der Waals surface area contributed by atoms with Gasteiger partial charge in [-0.25, -0.2) is 19.7 Å². The molecule has 12 nitrogen and oxygen atoms in total. The van der Waals surface area contributed by atoms with Crippen molar-refractivity contribution in [3.05, 3.63) is 42.0 Å². The van der Waals surface area contributed by atoms with Crippen molar-refractivity contribution in [2.24, 2.45) is 0 Å². The van der Waals surface area contributed by atoms with Gasteiger partial charge in [0.1, 0.15) is 11.6 Å². The number of hydrogen-bond donors (Lipinski definition) is 2. The maximum Gasteiger partial charge on any atom is 0.320 e. The van der Waals surface area contributed by atoms with E-state index in [1.165, 1.54) is 0 Å². The third kappa shape index (κ3) is 5.85. The summed E-state index contributed by atoms with van der Waals surface area (Å²) in [6.07, 6.45) is 5.75. The lowest BCUT2D eigenvalue weighted by molar-refractivity contribution is 0.114. The number of rotatable bonds is 7. The number of amides is 2.